The third-order valence-corrected chi connectivity index (χ3v) is 10.6. The number of halogens is 3. The zero-order chi connectivity index (χ0) is 44.7. The van der Waals surface area contributed by atoms with Crippen LogP contribution in [-0.4, -0.2) is 62.3 Å². The molecule has 2 heterocycles. The van der Waals surface area contributed by atoms with E-state index in [1.807, 2.05) is 64.4 Å². The minimum Gasteiger partial charge on any atom is -0.478 e. The van der Waals surface area contributed by atoms with Crippen LogP contribution in [0.25, 0.3) is 11.1 Å². The lowest BCUT2D eigenvalue weighted by atomic mass is 9.77. The molecule has 0 aromatic heterocycles. The maximum atomic E-state index is 13.8. The Hall–Kier alpha value is -7.02. The monoisotopic (exact) mass is 908 g/mol. The van der Waals surface area contributed by atoms with Crippen molar-refractivity contribution in [1.29, 1.82) is 0 Å². The maximum Gasteiger partial charge on any atom is 0.489 e. The average molecular weight is 910 g/mol. The van der Waals surface area contributed by atoms with Crippen molar-refractivity contribution >= 4 is 74.6 Å². The van der Waals surface area contributed by atoms with Gasteiger partial charge in [0.1, 0.15) is 23.0 Å². The van der Waals surface area contributed by atoms with Gasteiger partial charge >= 0.3 is 19.1 Å². The molecule has 316 valence electrons. The lowest BCUT2D eigenvalue weighted by molar-refractivity contribution is -0.384. The molecule has 0 fully saturated rings. The molecule has 0 amide bonds. The van der Waals surface area contributed by atoms with E-state index in [-0.39, 0.29) is 44.0 Å². The molecule has 8 rings (SSSR count). The molecule has 18 heteroatoms. The quantitative estimate of drug-likeness (QED) is 0.0642. The van der Waals surface area contributed by atoms with E-state index in [1.54, 1.807) is 18.2 Å². The molecule has 0 aliphatic carbocycles. The highest BCUT2D eigenvalue weighted by molar-refractivity contribution is 9.10. The number of nitrogens with zero attached hydrogens (tertiary/aromatic N) is 4. The molecule has 6 aromatic carbocycles. The number of carbonyl (C=O) groups is 2. The van der Waals surface area contributed by atoms with E-state index in [2.05, 4.69) is 22.0 Å². The summed E-state index contributed by atoms with van der Waals surface area (Å²) in [5.74, 6) is -3.88. The van der Waals surface area contributed by atoms with Crippen LogP contribution in [0.1, 0.15) is 44.7 Å². The number of aryl methyl sites for hydroxylation is 2. The summed E-state index contributed by atoms with van der Waals surface area (Å²) in [6, 6.07) is 31.6. The third-order valence-electron chi connectivity index (χ3n) is 10.2. The third kappa shape index (κ3) is 10.1. The van der Waals surface area contributed by atoms with Crippen molar-refractivity contribution < 1.29 is 48.5 Å². The van der Waals surface area contributed by atoms with Crippen molar-refractivity contribution in [2.24, 2.45) is 0 Å². The largest absolute Gasteiger partial charge is 0.489 e. The Kier molecular flexibility index (Phi) is 14.1. The number of para-hydroxylation sites is 2. The number of nitro benzene ring substituents is 2. The standard InChI is InChI=1S/C22H17FN2O4.C15H13BrN2O2.C7H6BFO4/c23-16-8-9-17(22(26)27)18(13-16)15-7-10-20(21(12-15)25(28)29)24-11-3-5-14-4-1-2-6-19(14)24;16-12-7-8-14(15(10-12)18(19)20)17-9-3-5-11-4-1-2-6-13(11)17;9-4-1-2-5(7(10)11)6(3-4)8(12)13/h1-2,4,6-10,12-13H,3,5,11H2,(H,26,27);1-2,4,6-8,10H,3,5,9H2;1-3,12-13H,(H,10,11). The van der Waals surface area contributed by atoms with Crippen LogP contribution in [0.5, 0.6) is 0 Å². The molecule has 0 unspecified atom stereocenters. The second-order valence-electron chi connectivity index (χ2n) is 14.0. The van der Waals surface area contributed by atoms with Gasteiger partial charge in [0, 0.05) is 41.1 Å². The fourth-order valence-electron chi connectivity index (χ4n) is 7.39. The van der Waals surface area contributed by atoms with Gasteiger partial charge < -0.3 is 30.1 Å². The molecule has 62 heavy (non-hydrogen) atoms. The highest BCUT2D eigenvalue weighted by Crippen LogP contribution is 2.42. The number of carboxylic acids is 2. The second kappa shape index (κ2) is 19.6. The summed E-state index contributed by atoms with van der Waals surface area (Å²) in [4.78, 5) is 48.3. The number of nitro groups is 2. The number of rotatable bonds is 8. The first-order valence-corrected chi connectivity index (χ1v) is 19.8. The van der Waals surface area contributed by atoms with Gasteiger partial charge in [-0.2, -0.15) is 0 Å². The number of aromatic carboxylic acids is 2. The van der Waals surface area contributed by atoms with Crippen LogP contribution in [0.2, 0.25) is 0 Å². The molecular formula is C44H36BBrF2N4O10. The van der Waals surface area contributed by atoms with Crippen molar-refractivity contribution in [3.63, 3.8) is 0 Å². The van der Waals surface area contributed by atoms with Gasteiger partial charge in [-0.25, -0.2) is 18.4 Å². The molecule has 6 aromatic rings. The van der Waals surface area contributed by atoms with Crippen LogP contribution in [0.3, 0.4) is 0 Å². The van der Waals surface area contributed by atoms with Crippen LogP contribution >= 0.6 is 15.9 Å². The Morgan fingerprint density at radius 1 is 0.613 bits per heavy atom. The Balaban J connectivity index is 0.000000168. The first kappa shape index (κ1) is 44.5. The SMILES string of the molecule is O=C(O)c1ccc(F)cc1-c1ccc(N2CCCc3ccccc32)c([N+](=O)[O-])c1.O=C(O)c1ccc(F)cc1B(O)O.O=[N+]([O-])c1cc(Br)ccc1N1CCCc2ccccc21. The normalized spacial score (nSPS) is 12.7. The van der Waals surface area contributed by atoms with Gasteiger partial charge in [-0.15, -0.1) is 0 Å². The number of hydrogen-bond acceptors (Lipinski definition) is 10. The Morgan fingerprint density at radius 3 is 1.61 bits per heavy atom. The lowest BCUT2D eigenvalue weighted by Gasteiger charge is -2.31. The van der Waals surface area contributed by atoms with E-state index in [9.17, 15) is 43.7 Å². The molecule has 2 aliphatic heterocycles. The van der Waals surface area contributed by atoms with Gasteiger partial charge in [-0.1, -0.05) is 58.4 Å². The van der Waals surface area contributed by atoms with E-state index < -0.39 is 35.6 Å². The van der Waals surface area contributed by atoms with Gasteiger partial charge in [-0.05, 0) is 120 Å². The molecule has 0 saturated carbocycles. The summed E-state index contributed by atoms with van der Waals surface area (Å²) < 4.78 is 27.0. The first-order valence-electron chi connectivity index (χ1n) is 19.0. The van der Waals surface area contributed by atoms with E-state index in [1.165, 1.54) is 11.6 Å². The Morgan fingerprint density at radius 2 is 1.10 bits per heavy atom. The lowest BCUT2D eigenvalue weighted by Crippen LogP contribution is -2.35. The van der Waals surface area contributed by atoms with Crippen LogP contribution in [0.4, 0.5) is 42.9 Å². The van der Waals surface area contributed by atoms with Crippen LogP contribution < -0.4 is 15.3 Å². The van der Waals surface area contributed by atoms with Gasteiger partial charge in [0.05, 0.1) is 21.0 Å². The summed E-state index contributed by atoms with van der Waals surface area (Å²) in [6.45, 7) is 1.44. The minimum absolute atomic E-state index is 0.103. The minimum atomic E-state index is -1.98. The predicted octanol–water partition coefficient (Wildman–Crippen LogP) is 8.83. The van der Waals surface area contributed by atoms with Crippen molar-refractivity contribution in [2.45, 2.75) is 25.7 Å². The fourth-order valence-corrected chi connectivity index (χ4v) is 7.74. The summed E-state index contributed by atoms with van der Waals surface area (Å²) >= 11 is 3.30. The predicted molar refractivity (Wildman–Crippen MR) is 233 cm³/mol. The van der Waals surface area contributed by atoms with E-state index in [0.29, 0.717) is 17.9 Å². The van der Waals surface area contributed by atoms with Crippen molar-refractivity contribution in [3.8, 4) is 11.1 Å². The zero-order valence-electron chi connectivity index (χ0n) is 32.5. The zero-order valence-corrected chi connectivity index (χ0v) is 34.1. The summed E-state index contributed by atoms with van der Waals surface area (Å²) in [7, 11) is -1.98. The van der Waals surface area contributed by atoms with Crippen molar-refractivity contribution in [1.82, 2.24) is 0 Å². The Labute approximate surface area is 361 Å². The highest BCUT2D eigenvalue weighted by atomic mass is 79.9. The molecule has 4 N–H and O–H groups in total. The van der Waals surface area contributed by atoms with Gasteiger partial charge in [0.25, 0.3) is 11.4 Å². The van der Waals surface area contributed by atoms with Crippen LogP contribution in [0.15, 0.2) is 126 Å². The molecule has 0 bridgehead atoms. The molecule has 14 nitrogen and oxygen atoms in total. The number of fused-ring (bicyclic) bond motifs is 2. The summed E-state index contributed by atoms with van der Waals surface area (Å²) in [6.07, 6.45) is 3.80. The van der Waals surface area contributed by atoms with Crippen molar-refractivity contribution in [2.75, 3.05) is 22.9 Å². The summed E-state index contributed by atoms with van der Waals surface area (Å²) in [5, 5.41) is 58.5. The van der Waals surface area contributed by atoms with Gasteiger partial charge in [0.15, 0.2) is 0 Å². The van der Waals surface area contributed by atoms with E-state index in [0.717, 1.165) is 90.0 Å². The highest BCUT2D eigenvalue weighted by Gasteiger charge is 2.27. The van der Waals surface area contributed by atoms with Crippen molar-refractivity contribution in [3.05, 3.63) is 180 Å². The van der Waals surface area contributed by atoms with E-state index >= 15 is 0 Å². The second-order valence-corrected chi connectivity index (χ2v) is 14.9. The van der Waals surface area contributed by atoms with Crippen LogP contribution in [0, 0.1) is 31.9 Å². The molecule has 2 aliphatic rings. The average Bonchev–Trinajstić information content (AvgIpc) is 3.26. The van der Waals surface area contributed by atoms with Gasteiger partial charge in [-0.3, -0.25) is 20.2 Å². The summed E-state index contributed by atoms with van der Waals surface area (Å²) in [5.41, 5.74) is 5.03. The maximum absolute atomic E-state index is 13.8. The molecule has 0 radical (unpaired) electrons. The number of hydrogen-bond donors (Lipinski definition) is 4. The smallest absolute Gasteiger partial charge is 0.478 e. The van der Waals surface area contributed by atoms with Crippen LogP contribution in [-0.2, 0) is 12.8 Å². The Bertz CT molecular complexity index is 2690. The number of carboxylic acid groups (broad SMARTS) is 2. The van der Waals surface area contributed by atoms with E-state index in [4.69, 9.17) is 15.2 Å². The topological polar surface area (TPSA) is 208 Å². The first-order chi connectivity index (χ1) is 29.6. The molecule has 0 spiro atoms. The molecular weight excluding hydrogens is 873 g/mol. The number of anilines is 4. The van der Waals surface area contributed by atoms with Gasteiger partial charge in [0.2, 0.25) is 0 Å². The molecule has 0 atom stereocenters. The number of benzene rings is 6. The fraction of sp³-hybridized carbons (Fsp3) is 0.136. The molecule has 0 saturated heterocycles.